The average molecular weight is 472 g/mol. The van der Waals surface area contributed by atoms with Crippen LogP contribution in [0.25, 0.3) is 22.8 Å². The summed E-state index contributed by atoms with van der Waals surface area (Å²) in [4.78, 5) is 19.8. The van der Waals surface area contributed by atoms with Crippen molar-refractivity contribution < 1.29 is 9.18 Å². The number of nitrogens with one attached hydrogen (secondary N) is 1. The third kappa shape index (κ3) is 5.61. The van der Waals surface area contributed by atoms with Crippen molar-refractivity contribution >= 4 is 29.1 Å². The highest BCUT2D eigenvalue weighted by Crippen LogP contribution is 2.37. The number of halogens is 1. The van der Waals surface area contributed by atoms with E-state index in [9.17, 15) is 9.18 Å². The van der Waals surface area contributed by atoms with Gasteiger partial charge in [-0.15, -0.1) is 0 Å². The number of carbonyl (C=O) groups excluding carboxylic acids is 1. The lowest BCUT2D eigenvalue weighted by atomic mass is 9.96. The van der Waals surface area contributed by atoms with Gasteiger partial charge in [-0.3, -0.25) is 4.79 Å². The molecule has 4 rings (SSSR count). The molecule has 35 heavy (non-hydrogen) atoms. The Labute approximate surface area is 207 Å². The SMILES string of the molecule is CCCN(CCC(C)CC)c1ccc(/C=C2\C(=O)Nc3ccc(-c4ccc(F)cc4C)cc32)cn1. The molecule has 0 aliphatic carbocycles. The monoisotopic (exact) mass is 471 g/mol. The molecule has 3 aromatic rings. The molecule has 0 fully saturated rings. The predicted octanol–water partition coefficient (Wildman–Crippen LogP) is 7.34. The van der Waals surface area contributed by atoms with Gasteiger partial charge in [-0.05, 0) is 90.4 Å². The maximum atomic E-state index is 13.6. The Balaban J connectivity index is 1.60. The summed E-state index contributed by atoms with van der Waals surface area (Å²) >= 11 is 0. The molecule has 1 aliphatic heterocycles. The maximum Gasteiger partial charge on any atom is 0.256 e. The Bertz CT molecular complexity index is 1230. The molecule has 182 valence electrons. The van der Waals surface area contributed by atoms with Crippen molar-refractivity contribution in [3.05, 3.63) is 77.2 Å². The van der Waals surface area contributed by atoms with E-state index >= 15 is 0 Å². The zero-order chi connectivity index (χ0) is 24.9. The largest absolute Gasteiger partial charge is 0.357 e. The number of fused-ring (bicyclic) bond motifs is 1. The molecule has 0 bridgehead atoms. The van der Waals surface area contributed by atoms with Crippen LogP contribution in [0.4, 0.5) is 15.9 Å². The first-order chi connectivity index (χ1) is 16.9. The lowest BCUT2D eigenvalue weighted by molar-refractivity contribution is -0.110. The van der Waals surface area contributed by atoms with Crippen molar-refractivity contribution in [3.8, 4) is 11.1 Å². The van der Waals surface area contributed by atoms with E-state index < -0.39 is 0 Å². The van der Waals surface area contributed by atoms with Crippen LogP contribution in [0, 0.1) is 18.7 Å². The Morgan fingerprint density at radius 1 is 1.06 bits per heavy atom. The van der Waals surface area contributed by atoms with Gasteiger partial charge < -0.3 is 10.2 Å². The molecule has 0 spiro atoms. The molecule has 1 N–H and O–H groups in total. The first-order valence-corrected chi connectivity index (χ1v) is 12.5. The molecular formula is C30H34FN3O. The van der Waals surface area contributed by atoms with Gasteiger partial charge in [-0.25, -0.2) is 9.37 Å². The summed E-state index contributed by atoms with van der Waals surface area (Å²) in [6.45, 7) is 10.6. The average Bonchev–Trinajstić information content (AvgIpc) is 3.16. The number of carbonyl (C=O) groups is 1. The Morgan fingerprint density at radius 2 is 1.89 bits per heavy atom. The molecular weight excluding hydrogens is 437 g/mol. The van der Waals surface area contributed by atoms with Crippen molar-refractivity contribution in [2.24, 2.45) is 5.92 Å². The highest BCUT2D eigenvalue weighted by Gasteiger charge is 2.25. The second kappa shape index (κ2) is 10.9. The predicted molar refractivity (Wildman–Crippen MR) is 144 cm³/mol. The second-order valence-electron chi connectivity index (χ2n) is 9.47. The Hall–Kier alpha value is -3.47. The van der Waals surface area contributed by atoms with E-state index in [1.807, 2.05) is 49.5 Å². The second-order valence-corrected chi connectivity index (χ2v) is 9.47. The molecule has 5 heteroatoms. The quantitative estimate of drug-likeness (QED) is 0.332. The number of hydrogen-bond acceptors (Lipinski definition) is 3. The lowest BCUT2D eigenvalue weighted by Gasteiger charge is -2.24. The zero-order valence-electron chi connectivity index (χ0n) is 21.1. The molecule has 0 saturated carbocycles. The van der Waals surface area contributed by atoms with Crippen LogP contribution >= 0.6 is 0 Å². The van der Waals surface area contributed by atoms with Crippen LogP contribution in [0.5, 0.6) is 0 Å². The Morgan fingerprint density at radius 3 is 2.57 bits per heavy atom. The van der Waals surface area contributed by atoms with Gasteiger partial charge in [0.25, 0.3) is 5.91 Å². The number of hydrogen-bond donors (Lipinski definition) is 1. The summed E-state index contributed by atoms with van der Waals surface area (Å²) in [6.07, 6.45) is 7.14. The van der Waals surface area contributed by atoms with Crippen LogP contribution in [0.2, 0.25) is 0 Å². The van der Waals surface area contributed by atoms with Gasteiger partial charge in [0.2, 0.25) is 0 Å². The number of aromatic nitrogens is 1. The minimum absolute atomic E-state index is 0.127. The molecule has 2 heterocycles. The number of amides is 1. The van der Waals surface area contributed by atoms with E-state index in [1.165, 1.54) is 18.6 Å². The molecule has 1 atom stereocenters. The highest BCUT2D eigenvalue weighted by atomic mass is 19.1. The van der Waals surface area contributed by atoms with Crippen LogP contribution in [0.1, 0.15) is 56.7 Å². The number of anilines is 2. The molecule has 0 saturated heterocycles. The number of rotatable bonds is 9. The van der Waals surface area contributed by atoms with Crippen LogP contribution in [0.15, 0.2) is 54.7 Å². The van der Waals surface area contributed by atoms with Gasteiger partial charge in [0.1, 0.15) is 11.6 Å². The van der Waals surface area contributed by atoms with Crippen LogP contribution in [0.3, 0.4) is 0 Å². The number of nitrogens with zero attached hydrogens (tertiary/aromatic N) is 2. The van der Waals surface area contributed by atoms with Gasteiger partial charge in [0.15, 0.2) is 0 Å². The molecule has 2 aromatic carbocycles. The number of benzene rings is 2. The van der Waals surface area contributed by atoms with Crippen molar-refractivity contribution in [2.75, 3.05) is 23.3 Å². The van der Waals surface area contributed by atoms with E-state index in [0.29, 0.717) is 11.5 Å². The topological polar surface area (TPSA) is 45.2 Å². The minimum Gasteiger partial charge on any atom is -0.357 e. The highest BCUT2D eigenvalue weighted by molar-refractivity contribution is 6.35. The molecule has 1 unspecified atom stereocenters. The van der Waals surface area contributed by atoms with Gasteiger partial charge in [0.05, 0.1) is 0 Å². The van der Waals surface area contributed by atoms with Crippen LogP contribution < -0.4 is 10.2 Å². The van der Waals surface area contributed by atoms with Crippen molar-refractivity contribution in [1.29, 1.82) is 0 Å². The van der Waals surface area contributed by atoms with E-state index in [-0.39, 0.29) is 11.7 Å². The third-order valence-corrected chi connectivity index (χ3v) is 6.79. The number of aryl methyl sites for hydroxylation is 1. The number of pyridine rings is 1. The molecule has 4 nitrogen and oxygen atoms in total. The molecule has 1 aliphatic rings. The third-order valence-electron chi connectivity index (χ3n) is 6.79. The molecule has 0 radical (unpaired) electrons. The van der Waals surface area contributed by atoms with Crippen molar-refractivity contribution in [2.45, 2.75) is 47.0 Å². The van der Waals surface area contributed by atoms with Crippen molar-refractivity contribution in [1.82, 2.24) is 4.98 Å². The molecule has 1 amide bonds. The first-order valence-electron chi connectivity index (χ1n) is 12.5. The normalized spacial score (nSPS) is 14.7. The smallest absolute Gasteiger partial charge is 0.256 e. The van der Waals surface area contributed by atoms with Crippen LogP contribution in [-0.4, -0.2) is 24.0 Å². The van der Waals surface area contributed by atoms with E-state index in [1.54, 1.807) is 6.07 Å². The molecule has 1 aromatic heterocycles. The minimum atomic E-state index is -0.252. The van der Waals surface area contributed by atoms with E-state index in [2.05, 4.69) is 31.0 Å². The fourth-order valence-electron chi connectivity index (χ4n) is 4.48. The van der Waals surface area contributed by atoms with Gasteiger partial charge in [-0.2, -0.15) is 0 Å². The van der Waals surface area contributed by atoms with Crippen LogP contribution in [-0.2, 0) is 4.79 Å². The van der Waals surface area contributed by atoms with Gasteiger partial charge in [-0.1, -0.05) is 39.3 Å². The fraction of sp³-hybridized carbons (Fsp3) is 0.333. The summed E-state index contributed by atoms with van der Waals surface area (Å²) < 4.78 is 13.6. The summed E-state index contributed by atoms with van der Waals surface area (Å²) in [5, 5.41) is 2.95. The summed E-state index contributed by atoms with van der Waals surface area (Å²) in [7, 11) is 0. The first kappa shape index (κ1) is 24.6. The van der Waals surface area contributed by atoms with E-state index in [0.717, 1.165) is 65.3 Å². The summed E-state index contributed by atoms with van der Waals surface area (Å²) in [5.74, 6) is 1.29. The summed E-state index contributed by atoms with van der Waals surface area (Å²) in [5.41, 5.74) is 5.89. The van der Waals surface area contributed by atoms with Crippen molar-refractivity contribution in [3.63, 3.8) is 0 Å². The van der Waals surface area contributed by atoms with Gasteiger partial charge in [0, 0.05) is 36.1 Å². The Kier molecular flexibility index (Phi) is 7.64. The lowest BCUT2D eigenvalue weighted by Crippen LogP contribution is -2.27. The summed E-state index contributed by atoms with van der Waals surface area (Å²) in [6, 6.07) is 14.7. The zero-order valence-corrected chi connectivity index (χ0v) is 21.1. The fourth-order valence-corrected chi connectivity index (χ4v) is 4.48. The standard InChI is InChI=1S/C30H34FN3O/c1-5-14-34(15-13-20(3)6-2)29-12-7-22(19-32-29)17-27-26-18-23(8-11-28(26)33-30(27)35)25-10-9-24(31)16-21(25)4/h7-12,16-20H,5-6,13-15H2,1-4H3,(H,33,35)/b27-17-. The van der Waals surface area contributed by atoms with E-state index in [4.69, 9.17) is 4.98 Å². The maximum absolute atomic E-state index is 13.6. The van der Waals surface area contributed by atoms with Gasteiger partial charge >= 0.3 is 0 Å².